The summed E-state index contributed by atoms with van der Waals surface area (Å²) in [7, 11) is -0.316. The third-order valence-corrected chi connectivity index (χ3v) is 8.28. The number of carbonyl (C=O) groups is 1. The summed E-state index contributed by atoms with van der Waals surface area (Å²) in [6, 6.07) is 19.7. The second-order valence-electron chi connectivity index (χ2n) is 8.83. The van der Waals surface area contributed by atoms with Crippen LogP contribution in [0.3, 0.4) is 0 Å². The summed E-state index contributed by atoms with van der Waals surface area (Å²) in [5, 5.41) is 18.1. The Morgan fingerprint density at radius 1 is 1.06 bits per heavy atom. The number of fused-ring (bicyclic) bond motifs is 1. The van der Waals surface area contributed by atoms with Crippen molar-refractivity contribution in [2.45, 2.75) is 31.2 Å². The number of nitrogens with zero attached hydrogens (tertiary/aromatic N) is 4. The van der Waals surface area contributed by atoms with Crippen molar-refractivity contribution in [1.29, 1.82) is 0 Å². The van der Waals surface area contributed by atoms with Crippen LogP contribution in [0.1, 0.15) is 35.1 Å². The Morgan fingerprint density at radius 3 is 2.40 bits per heavy atom. The Balaban J connectivity index is 1.73. The quantitative estimate of drug-likeness (QED) is 0.399. The summed E-state index contributed by atoms with van der Waals surface area (Å²) >= 11 is 0. The molecule has 0 fully saturated rings. The molecule has 0 aliphatic rings. The van der Waals surface area contributed by atoms with Gasteiger partial charge in [0, 0.05) is 26.6 Å². The van der Waals surface area contributed by atoms with E-state index in [4.69, 9.17) is 0 Å². The molecule has 0 radical (unpaired) electrons. The van der Waals surface area contributed by atoms with Crippen LogP contribution in [0.25, 0.3) is 11.0 Å². The molecule has 1 N–H and O–H groups in total. The Hall–Kier alpha value is -3.56. The zero-order chi connectivity index (χ0) is 25.3. The van der Waals surface area contributed by atoms with Gasteiger partial charge < -0.3 is 5.11 Å². The van der Waals surface area contributed by atoms with Crippen LogP contribution in [0.4, 0.5) is 0 Å². The minimum absolute atomic E-state index is 0.161. The highest BCUT2D eigenvalue weighted by Crippen LogP contribution is 2.35. The van der Waals surface area contributed by atoms with E-state index < -0.39 is 27.8 Å². The third kappa shape index (κ3) is 4.82. The molecule has 1 heterocycles. The molecule has 0 aliphatic carbocycles. The Morgan fingerprint density at radius 2 is 1.71 bits per heavy atom. The first-order chi connectivity index (χ1) is 16.6. The predicted molar refractivity (Wildman–Crippen MR) is 133 cm³/mol. The van der Waals surface area contributed by atoms with Gasteiger partial charge >= 0.3 is 5.97 Å². The number of aryl methyl sites for hydroxylation is 2. The van der Waals surface area contributed by atoms with E-state index in [0.717, 1.165) is 27.8 Å². The highest BCUT2D eigenvalue weighted by molar-refractivity contribution is 7.89. The summed E-state index contributed by atoms with van der Waals surface area (Å²) < 4.78 is 29.1. The number of aliphatic carboxylic acids is 1. The number of carboxylic acid groups (broad SMARTS) is 1. The molecule has 0 saturated heterocycles. The van der Waals surface area contributed by atoms with Gasteiger partial charge in [-0.1, -0.05) is 54.6 Å². The molecular weight excluding hydrogens is 464 g/mol. The van der Waals surface area contributed by atoms with Crippen LogP contribution >= 0.6 is 0 Å². The number of rotatable bonds is 8. The van der Waals surface area contributed by atoms with Crippen LogP contribution in [0.5, 0.6) is 0 Å². The predicted octanol–water partition coefficient (Wildman–Crippen LogP) is 3.95. The summed E-state index contributed by atoms with van der Waals surface area (Å²) in [5.74, 6) is -2.08. The zero-order valence-corrected chi connectivity index (χ0v) is 20.9. The minimum Gasteiger partial charge on any atom is -0.481 e. The van der Waals surface area contributed by atoms with E-state index in [1.54, 1.807) is 56.0 Å². The number of sulfonamides is 1. The molecule has 182 valence electrons. The van der Waals surface area contributed by atoms with Gasteiger partial charge in [0.1, 0.15) is 5.52 Å². The molecule has 35 heavy (non-hydrogen) atoms. The maximum absolute atomic E-state index is 13.0. The number of hydrogen-bond acceptors (Lipinski definition) is 5. The van der Waals surface area contributed by atoms with Gasteiger partial charge in [-0.15, -0.1) is 5.10 Å². The minimum atomic E-state index is -3.67. The average molecular weight is 493 g/mol. The number of aromatic nitrogens is 3. The summed E-state index contributed by atoms with van der Waals surface area (Å²) in [6.07, 6.45) is 0. The molecule has 0 amide bonds. The van der Waals surface area contributed by atoms with Gasteiger partial charge in [0.2, 0.25) is 10.0 Å². The smallest absolute Gasteiger partial charge is 0.307 e. The van der Waals surface area contributed by atoms with E-state index in [2.05, 4.69) is 10.3 Å². The van der Waals surface area contributed by atoms with Gasteiger partial charge in [-0.25, -0.2) is 13.1 Å². The fraction of sp³-hybridized carbons (Fsp3) is 0.269. The van der Waals surface area contributed by atoms with Crippen molar-refractivity contribution in [3.63, 3.8) is 0 Å². The Bertz CT molecular complexity index is 1480. The highest BCUT2D eigenvalue weighted by Gasteiger charge is 2.28. The molecular formula is C26H28N4O4S. The molecule has 4 aromatic rings. The van der Waals surface area contributed by atoms with Crippen molar-refractivity contribution in [2.75, 3.05) is 7.05 Å². The van der Waals surface area contributed by atoms with E-state index in [1.807, 2.05) is 43.3 Å². The van der Waals surface area contributed by atoms with Gasteiger partial charge in [0.15, 0.2) is 0 Å². The maximum Gasteiger partial charge on any atom is 0.307 e. The topological polar surface area (TPSA) is 105 Å². The van der Waals surface area contributed by atoms with Crippen molar-refractivity contribution < 1.29 is 18.3 Å². The van der Waals surface area contributed by atoms with Gasteiger partial charge in [-0.3, -0.25) is 4.79 Å². The molecule has 0 aliphatic heterocycles. The molecule has 0 spiro atoms. The number of benzene rings is 3. The first kappa shape index (κ1) is 24.6. The zero-order valence-electron chi connectivity index (χ0n) is 20.1. The lowest BCUT2D eigenvalue weighted by Gasteiger charge is -2.24. The molecule has 1 aromatic heterocycles. The summed E-state index contributed by atoms with van der Waals surface area (Å²) in [4.78, 5) is 12.3. The molecule has 2 atom stereocenters. The van der Waals surface area contributed by atoms with E-state index in [-0.39, 0.29) is 11.4 Å². The first-order valence-corrected chi connectivity index (χ1v) is 12.7. The largest absolute Gasteiger partial charge is 0.481 e. The molecule has 9 heteroatoms. The monoisotopic (exact) mass is 492 g/mol. The molecule has 0 bridgehead atoms. The second-order valence-corrected chi connectivity index (χ2v) is 10.9. The summed E-state index contributed by atoms with van der Waals surface area (Å²) in [6.45, 7) is 3.76. The van der Waals surface area contributed by atoms with Gasteiger partial charge in [-0.05, 0) is 53.4 Å². The molecule has 2 unspecified atom stereocenters. The number of hydrogen-bond donors (Lipinski definition) is 1. The third-order valence-electron chi connectivity index (χ3n) is 6.46. The van der Waals surface area contributed by atoms with Crippen molar-refractivity contribution in [1.82, 2.24) is 19.3 Å². The summed E-state index contributed by atoms with van der Waals surface area (Å²) in [5.41, 5.74) is 4.89. The highest BCUT2D eigenvalue weighted by atomic mass is 32.2. The normalized spacial score (nSPS) is 13.7. The van der Waals surface area contributed by atoms with E-state index in [9.17, 15) is 18.3 Å². The fourth-order valence-corrected chi connectivity index (χ4v) is 5.49. The van der Waals surface area contributed by atoms with Crippen LogP contribution in [0, 0.1) is 12.8 Å². The standard InChI is InChI=1S/C26H28N4O4S/c1-17-10-11-19(14-21(17)16-29(3)35(33,34)22-8-6-5-7-9-22)25(18(2)26(31)32)20-12-13-24-23(15-20)27-28-30(24)4/h5-15,18,25H,16H2,1-4H3,(H,31,32). The van der Waals surface area contributed by atoms with E-state index in [1.165, 1.54) is 4.31 Å². The second kappa shape index (κ2) is 9.59. The van der Waals surface area contributed by atoms with Crippen LogP contribution < -0.4 is 0 Å². The van der Waals surface area contributed by atoms with E-state index >= 15 is 0 Å². The molecule has 0 saturated carbocycles. The van der Waals surface area contributed by atoms with Gasteiger partial charge in [0.25, 0.3) is 0 Å². The van der Waals surface area contributed by atoms with Crippen LogP contribution in [-0.4, -0.2) is 45.8 Å². The Labute approximate surface area is 204 Å². The van der Waals surface area contributed by atoms with Crippen LogP contribution in [-0.2, 0) is 28.4 Å². The Kier molecular flexibility index (Phi) is 6.73. The number of carboxylic acids is 1. The van der Waals surface area contributed by atoms with Crippen molar-refractivity contribution in [3.8, 4) is 0 Å². The molecule has 8 nitrogen and oxygen atoms in total. The van der Waals surface area contributed by atoms with Crippen LogP contribution in [0.15, 0.2) is 71.6 Å². The first-order valence-electron chi connectivity index (χ1n) is 11.2. The van der Waals surface area contributed by atoms with Crippen molar-refractivity contribution >= 4 is 27.0 Å². The lowest BCUT2D eigenvalue weighted by atomic mass is 9.80. The average Bonchev–Trinajstić information content (AvgIpc) is 3.21. The van der Waals surface area contributed by atoms with Crippen molar-refractivity contribution in [2.24, 2.45) is 13.0 Å². The SMILES string of the molecule is Cc1ccc(C(c2ccc3c(c2)nnn3C)C(C)C(=O)O)cc1CN(C)S(=O)(=O)c1ccccc1. The fourth-order valence-electron chi connectivity index (χ4n) is 4.32. The van der Waals surface area contributed by atoms with E-state index in [0.29, 0.717) is 5.52 Å². The lowest BCUT2D eigenvalue weighted by Crippen LogP contribution is -2.27. The van der Waals surface area contributed by atoms with Crippen LogP contribution in [0.2, 0.25) is 0 Å². The van der Waals surface area contributed by atoms with Gasteiger partial charge in [0.05, 0.1) is 16.3 Å². The maximum atomic E-state index is 13.0. The lowest BCUT2D eigenvalue weighted by molar-refractivity contribution is -0.141. The van der Waals surface area contributed by atoms with Gasteiger partial charge in [-0.2, -0.15) is 4.31 Å². The van der Waals surface area contributed by atoms with Crippen molar-refractivity contribution in [3.05, 3.63) is 89.0 Å². The molecule has 4 rings (SSSR count). The molecule has 3 aromatic carbocycles.